The molecule has 1 aromatic heterocycles. The summed E-state index contributed by atoms with van der Waals surface area (Å²) in [6.45, 7) is 3.03. The number of nitrogens with one attached hydrogen (secondary N) is 2. The van der Waals surface area contributed by atoms with Crippen molar-refractivity contribution in [3.8, 4) is 0 Å². The van der Waals surface area contributed by atoms with Crippen molar-refractivity contribution >= 4 is 15.7 Å². The molecule has 0 fully saturated rings. The first-order valence-electron chi connectivity index (χ1n) is 6.42. The van der Waals surface area contributed by atoms with Crippen LogP contribution in [0.25, 0.3) is 0 Å². The number of anilines is 1. The number of nitrogens with zero attached hydrogens (tertiary/aromatic N) is 2. The Labute approximate surface area is 117 Å². The van der Waals surface area contributed by atoms with Gasteiger partial charge < -0.3 is 5.32 Å². The summed E-state index contributed by atoms with van der Waals surface area (Å²) in [5, 5.41) is 9.61. The highest BCUT2D eigenvalue weighted by atomic mass is 32.2. The Morgan fingerprint density at radius 2 is 2.15 bits per heavy atom. The van der Waals surface area contributed by atoms with Crippen LogP contribution < -0.4 is 9.62 Å². The van der Waals surface area contributed by atoms with Crippen LogP contribution in [0, 0.1) is 0 Å². The largest absolute Gasteiger partial charge is 0.308 e. The second-order valence-corrected chi connectivity index (χ2v) is 6.74. The van der Waals surface area contributed by atoms with Crippen molar-refractivity contribution in [2.75, 3.05) is 10.8 Å². The molecule has 6 nitrogen and oxygen atoms in total. The van der Waals surface area contributed by atoms with Crippen molar-refractivity contribution in [1.29, 1.82) is 0 Å². The van der Waals surface area contributed by atoms with Crippen LogP contribution in [0.1, 0.15) is 12.5 Å². The highest BCUT2D eigenvalue weighted by molar-refractivity contribution is 7.92. The third-order valence-electron chi connectivity index (χ3n) is 3.40. The van der Waals surface area contributed by atoms with Crippen molar-refractivity contribution in [3.05, 3.63) is 42.2 Å². The Morgan fingerprint density at radius 3 is 2.90 bits per heavy atom. The van der Waals surface area contributed by atoms with Crippen LogP contribution in [0.2, 0.25) is 0 Å². The molecule has 7 heteroatoms. The molecule has 2 N–H and O–H groups in total. The van der Waals surface area contributed by atoms with E-state index in [1.807, 2.05) is 31.2 Å². The van der Waals surface area contributed by atoms with E-state index >= 15 is 0 Å². The van der Waals surface area contributed by atoms with Crippen LogP contribution in [-0.2, 0) is 16.6 Å². The van der Waals surface area contributed by atoms with Gasteiger partial charge in [0.15, 0.2) is 0 Å². The Kier molecular flexibility index (Phi) is 3.23. The quantitative estimate of drug-likeness (QED) is 0.869. The lowest BCUT2D eigenvalue weighted by Gasteiger charge is -2.25. The number of fused-ring (bicyclic) bond motifs is 1. The Balaban J connectivity index is 2.12. The van der Waals surface area contributed by atoms with Gasteiger partial charge in [-0.05, 0) is 18.6 Å². The summed E-state index contributed by atoms with van der Waals surface area (Å²) >= 11 is 0. The number of aromatic amines is 1. The molecule has 20 heavy (non-hydrogen) atoms. The molecule has 2 aromatic rings. The summed E-state index contributed by atoms with van der Waals surface area (Å²) in [5.74, 6) is 0. The van der Waals surface area contributed by atoms with Crippen molar-refractivity contribution in [2.24, 2.45) is 0 Å². The molecule has 3 rings (SSSR count). The van der Waals surface area contributed by atoms with Crippen LogP contribution in [0.4, 0.5) is 5.69 Å². The zero-order valence-electron chi connectivity index (χ0n) is 11.1. The second kappa shape index (κ2) is 4.92. The summed E-state index contributed by atoms with van der Waals surface area (Å²) in [7, 11) is -3.59. The van der Waals surface area contributed by atoms with Gasteiger partial charge in [-0.2, -0.15) is 5.10 Å². The van der Waals surface area contributed by atoms with E-state index in [9.17, 15) is 8.42 Å². The van der Waals surface area contributed by atoms with Gasteiger partial charge in [-0.1, -0.05) is 18.2 Å². The van der Waals surface area contributed by atoms with Crippen molar-refractivity contribution in [3.63, 3.8) is 0 Å². The number of rotatable bonds is 2. The van der Waals surface area contributed by atoms with E-state index < -0.39 is 10.0 Å². The summed E-state index contributed by atoms with van der Waals surface area (Å²) in [6, 6.07) is 7.63. The molecule has 1 unspecified atom stereocenters. The highest BCUT2D eigenvalue weighted by Gasteiger charge is 2.30. The van der Waals surface area contributed by atoms with Gasteiger partial charge in [-0.15, -0.1) is 0 Å². The molecule has 0 aliphatic carbocycles. The van der Waals surface area contributed by atoms with Crippen LogP contribution >= 0.6 is 0 Å². The average molecular weight is 292 g/mol. The molecule has 0 spiro atoms. The first-order chi connectivity index (χ1) is 9.59. The molecular weight excluding hydrogens is 276 g/mol. The fourth-order valence-corrected chi connectivity index (χ4v) is 3.83. The first kappa shape index (κ1) is 13.1. The monoisotopic (exact) mass is 292 g/mol. The lowest BCUT2D eigenvalue weighted by atomic mass is 10.2. The fraction of sp³-hybridized carbons (Fsp3) is 0.308. The lowest BCUT2D eigenvalue weighted by Crippen LogP contribution is -2.39. The van der Waals surface area contributed by atoms with Crippen molar-refractivity contribution in [1.82, 2.24) is 15.5 Å². The minimum Gasteiger partial charge on any atom is -0.308 e. The van der Waals surface area contributed by atoms with Gasteiger partial charge in [0.05, 0.1) is 11.9 Å². The Hall–Kier alpha value is -1.86. The SMILES string of the molecule is CC1CN(S(=O)(=O)c2cn[nH]c2)c2ccccc2CN1. The predicted molar refractivity (Wildman–Crippen MR) is 75.9 cm³/mol. The third-order valence-corrected chi connectivity index (χ3v) is 5.15. The summed E-state index contributed by atoms with van der Waals surface area (Å²) in [6.07, 6.45) is 2.74. The van der Waals surface area contributed by atoms with Crippen LogP contribution in [0.5, 0.6) is 0 Å². The molecule has 0 radical (unpaired) electrons. The molecule has 0 saturated heterocycles. The lowest BCUT2D eigenvalue weighted by molar-refractivity contribution is 0.556. The summed E-state index contributed by atoms with van der Waals surface area (Å²) < 4.78 is 27.0. The van der Waals surface area contributed by atoms with Crippen molar-refractivity contribution in [2.45, 2.75) is 24.4 Å². The minimum atomic E-state index is -3.59. The summed E-state index contributed by atoms with van der Waals surface area (Å²) in [5.41, 5.74) is 1.70. The zero-order chi connectivity index (χ0) is 14.2. The van der Waals surface area contributed by atoms with Crippen LogP contribution in [0.15, 0.2) is 41.6 Å². The number of benzene rings is 1. The molecule has 1 aliphatic rings. The summed E-state index contributed by atoms with van der Waals surface area (Å²) in [4.78, 5) is 0.182. The number of hydrogen-bond donors (Lipinski definition) is 2. The molecule has 106 valence electrons. The Bertz CT molecular complexity index is 697. The molecule has 1 aliphatic heterocycles. The van der Waals surface area contributed by atoms with E-state index in [1.54, 1.807) is 0 Å². The Morgan fingerprint density at radius 1 is 1.35 bits per heavy atom. The topological polar surface area (TPSA) is 78.1 Å². The van der Waals surface area contributed by atoms with Crippen LogP contribution in [0.3, 0.4) is 0 Å². The van der Waals surface area contributed by atoms with E-state index in [4.69, 9.17) is 0 Å². The number of sulfonamides is 1. The molecule has 0 saturated carbocycles. The van der Waals surface area contributed by atoms with E-state index in [0.717, 1.165) is 11.3 Å². The smallest absolute Gasteiger partial charge is 0.267 e. The van der Waals surface area contributed by atoms with Gasteiger partial charge >= 0.3 is 0 Å². The first-order valence-corrected chi connectivity index (χ1v) is 7.86. The van der Waals surface area contributed by atoms with Gasteiger partial charge in [-0.3, -0.25) is 9.40 Å². The molecule has 0 bridgehead atoms. The maximum Gasteiger partial charge on any atom is 0.267 e. The maximum atomic E-state index is 12.7. The van der Waals surface area contributed by atoms with E-state index in [2.05, 4.69) is 15.5 Å². The van der Waals surface area contributed by atoms with Crippen molar-refractivity contribution < 1.29 is 8.42 Å². The van der Waals surface area contributed by atoms with Crippen LogP contribution in [-0.4, -0.2) is 31.2 Å². The molecule has 1 atom stereocenters. The number of H-pyrrole nitrogens is 1. The fourth-order valence-electron chi connectivity index (χ4n) is 2.33. The average Bonchev–Trinajstić information content (AvgIpc) is 2.92. The van der Waals surface area contributed by atoms with Gasteiger partial charge in [0.1, 0.15) is 4.90 Å². The number of para-hydroxylation sites is 1. The third kappa shape index (κ3) is 2.19. The van der Waals surface area contributed by atoms with Gasteiger partial charge in [0, 0.05) is 25.3 Å². The molecule has 0 amide bonds. The maximum absolute atomic E-state index is 12.7. The van der Waals surface area contributed by atoms with E-state index in [0.29, 0.717) is 13.1 Å². The number of hydrogen-bond acceptors (Lipinski definition) is 4. The molecule has 2 heterocycles. The van der Waals surface area contributed by atoms with E-state index in [-0.39, 0.29) is 10.9 Å². The minimum absolute atomic E-state index is 0.0732. The molecule has 1 aromatic carbocycles. The second-order valence-electron chi connectivity index (χ2n) is 4.88. The highest BCUT2D eigenvalue weighted by Crippen LogP contribution is 2.28. The van der Waals surface area contributed by atoms with Gasteiger partial charge in [0.2, 0.25) is 0 Å². The number of aromatic nitrogens is 2. The van der Waals surface area contributed by atoms with E-state index in [1.165, 1.54) is 16.7 Å². The zero-order valence-corrected chi connectivity index (χ0v) is 11.9. The predicted octanol–water partition coefficient (Wildman–Crippen LogP) is 1.10. The molecular formula is C13H16N4O2S. The van der Waals surface area contributed by atoms with Gasteiger partial charge in [-0.25, -0.2) is 8.42 Å². The normalized spacial score (nSPS) is 19.4. The van der Waals surface area contributed by atoms with Gasteiger partial charge in [0.25, 0.3) is 10.0 Å². The standard InChI is InChI=1S/C13H16N4O2S/c1-10-9-17(20(18,19)12-7-15-16-8-12)13-5-3-2-4-11(13)6-14-10/h2-5,7-8,10,14H,6,9H2,1H3,(H,15,16).